The fraction of sp³-hybridized carbons (Fsp3) is 0.571. The highest BCUT2D eigenvalue weighted by Crippen LogP contribution is 2.47. The summed E-state index contributed by atoms with van der Waals surface area (Å²) in [5.74, 6) is 1.16. The topological polar surface area (TPSA) is 35.5 Å². The van der Waals surface area contributed by atoms with Gasteiger partial charge in [-0.1, -0.05) is 22.0 Å². The molecule has 0 aromatic heterocycles. The van der Waals surface area contributed by atoms with Crippen molar-refractivity contribution in [2.75, 3.05) is 26.2 Å². The van der Waals surface area contributed by atoms with Crippen LogP contribution < -0.4 is 5.32 Å². The van der Waals surface area contributed by atoms with Gasteiger partial charge >= 0.3 is 0 Å². The highest BCUT2D eigenvalue weighted by molar-refractivity contribution is 9.10. The Kier molecular flexibility index (Phi) is 3.59. The standard InChI is InChI=1S/C14H19BrN2O/c15-11-3-4-12(13(18)9-11)14(10-1-2-10)17-7-5-16-6-8-17/h3-4,9-10,14,16,18H,1-2,5-8H2/t14-/m1/s1. The smallest absolute Gasteiger partial charge is 0.121 e. The zero-order chi connectivity index (χ0) is 12.5. The Bertz CT molecular complexity index is 428. The SMILES string of the molecule is Oc1cc(Br)ccc1[C@@H](C1CC1)N1CCNCC1. The molecule has 0 amide bonds. The van der Waals surface area contributed by atoms with Gasteiger partial charge in [0, 0.05) is 42.3 Å². The normalized spacial score (nSPS) is 22.9. The molecule has 0 unspecified atom stereocenters. The van der Waals surface area contributed by atoms with Crippen LogP contribution in [0, 0.1) is 5.92 Å². The molecule has 3 nitrogen and oxygen atoms in total. The van der Waals surface area contributed by atoms with Gasteiger partial charge in [0.05, 0.1) is 0 Å². The molecule has 2 N–H and O–H groups in total. The summed E-state index contributed by atoms with van der Waals surface area (Å²) in [6.07, 6.45) is 2.59. The monoisotopic (exact) mass is 310 g/mol. The van der Waals surface area contributed by atoms with Crippen molar-refractivity contribution in [1.82, 2.24) is 10.2 Å². The summed E-state index contributed by atoms with van der Waals surface area (Å²) in [6, 6.07) is 6.32. The van der Waals surface area contributed by atoms with E-state index in [1.807, 2.05) is 12.1 Å². The summed E-state index contributed by atoms with van der Waals surface area (Å²) in [5, 5.41) is 13.6. The number of nitrogens with zero attached hydrogens (tertiary/aromatic N) is 1. The minimum atomic E-state index is 0.403. The zero-order valence-electron chi connectivity index (χ0n) is 10.4. The average molecular weight is 311 g/mol. The highest BCUT2D eigenvalue weighted by Gasteiger charge is 2.37. The first-order valence-corrected chi connectivity index (χ1v) is 7.48. The van der Waals surface area contributed by atoms with Crippen LogP contribution in [-0.4, -0.2) is 36.2 Å². The minimum absolute atomic E-state index is 0.403. The number of hydrogen-bond donors (Lipinski definition) is 2. The Labute approximate surface area is 116 Å². The largest absolute Gasteiger partial charge is 0.508 e. The maximum absolute atomic E-state index is 10.2. The fourth-order valence-corrected chi connectivity index (χ4v) is 3.24. The fourth-order valence-electron chi connectivity index (χ4n) is 2.89. The van der Waals surface area contributed by atoms with E-state index in [4.69, 9.17) is 0 Å². The van der Waals surface area contributed by atoms with Crippen molar-refractivity contribution in [3.8, 4) is 5.75 Å². The van der Waals surface area contributed by atoms with Crippen molar-refractivity contribution < 1.29 is 5.11 Å². The molecule has 98 valence electrons. The van der Waals surface area contributed by atoms with E-state index >= 15 is 0 Å². The molecule has 4 heteroatoms. The molecule has 2 fully saturated rings. The molecule has 1 atom stereocenters. The quantitative estimate of drug-likeness (QED) is 0.900. The van der Waals surface area contributed by atoms with Gasteiger partial charge in [0.1, 0.15) is 5.75 Å². The van der Waals surface area contributed by atoms with Crippen LogP contribution in [0.4, 0.5) is 0 Å². The maximum Gasteiger partial charge on any atom is 0.121 e. The summed E-state index contributed by atoms with van der Waals surface area (Å²) in [7, 11) is 0. The Morgan fingerprint density at radius 2 is 2.00 bits per heavy atom. The summed E-state index contributed by atoms with van der Waals surface area (Å²) in [5.41, 5.74) is 1.10. The van der Waals surface area contributed by atoms with E-state index in [0.717, 1.165) is 42.1 Å². The number of benzene rings is 1. The number of halogens is 1. The van der Waals surface area contributed by atoms with Crippen LogP contribution in [0.3, 0.4) is 0 Å². The van der Waals surface area contributed by atoms with Gasteiger partial charge in [-0.2, -0.15) is 0 Å². The Morgan fingerprint density at radius 1 is 1.28 bits per heavy atom. The molecule has 3 rings (SSSR count). The van der Waals surface area contributed by atoms with Crippen LogP contribution in [0.5, 0.6) is 5.75 Å². The Balaban J connectivity index is 1.88. The van der Waals surface area contributed by atoms with E-state index in [2.05, 4.69) is 32.2 Å². The van der Waals surface area contributed by atoms with Gasteiger partial charge in [0.2, 0.25) is 0 Å². The number of phenols is 1. The van der Waals surface area contributed by atoms with Crippen molar-refractivity contribution >= 4 is 15.9 Å². The molecule has 1 heterocycles. The molecule has 1 saturated carbocycles. The van der Waals surface area contributed by atoms with E-state index in [-0.39, 0.29) is 0 Å². The Hall–Kier alpha value is -0.580. The molecule has 1 aliphatic heterocycles. The van der Waals surface area contributed by atoms with Crippen molar-refractivity contribution in [3.63, 3.8) is 0 Å². The van der Waals surface area contributed by atoms with Crippen LogP contribution in [0.2, 0.25) is 0 Å². The van der Waals surface area contributed by atoms with E-state index in [1.54, 1.807) is 0 Å². The summed E-state index contributed by atoms with van der Waals surface area (Å²) in [4.78, 5) is 2.52. The first-order valence-electron chi connectivity index (χ1n) is 6.69. The number of aromatic hydroxyl groups is 1. The second kappa shape index (κ2) is 5.19. The van der Waals surface area contributed by atoms with Gasteiger partial charge in [-0.25, -0.2) is 0 Å². The molecular formula is C14H19BrN2O. The van der Waals surface area contributed by atoms with Crippen molar-refractivity contribution in [3.05, 3.63) is 28.2 Å². The molecular weight excluding hydrogens is 292 g/mol. The van der Waals surface area contributed by atoms with Gasteiger partial charge in [-0.15, -0.1) is 0 Å². The molecule has 1 aliphatic carbocycles. The molecule has 0 radical (unpaired) electrons. The number of piperazine rings is 1. The van der Waals surface area contributed by atoms with Crippen LogP contribution in [0.15, 0.2) is 22.7 Å². The lowest BCUT2D eigenvalue weighted by molar-refractivity contribution is 0.153. The molecule has 2 aliphatic rings. The summed E-state index contributed by atoms with van der Waals surface area (Å²) in [6.45, 7) is 4.27. The third-order valence-electron chi connectivity index (χ3n) is 3.92. The van der Waals surface area contributed by atoms with E-state index in [9.17, 15) is 5.11 Å². The number of phenolic OH excluding ortho intramolecular Hbond substituents is 1. The van der Waals surface area contributed by atoms with E-state index < -0.39 is 0 Å². The maximum atomic E-state index is 10.2. The lowest BCUT2D eigenvalue weighted by Gasteiger charge is -2.35. The van der Waals surface area contributed by atoms with Crippen molar-refractivity contribution in [2.24, 2.45) is 5.92 Å². The van der Waals surface area contributed by atoms with Crippen LogP contribution in [0.25, 0.3) is 0 Å². The molecule has 18 heavy (non-hydrogen) atoms. The molecule has 1 aromatic rings. The predicted octanol–water partition coefficient (Wildman–Crippen LogP) is 2.51. The minimum Gasteiger partial charge on any atom is -0.508 e. The van der Waals surface area contributed by atoms with E-state index in [0.29, 0.717) is 11.8 Å². The van der Waals surface area contributed by atoms with Crippen LogP contribution in [-0.2, 0) is 0 Å². The van der Waals surface area contributed by atoms with Gasteiger partial charge in [-0.3, -0.25) is 4.90 Å². The van der Waals surface area contributed by atoms with E-state index in [1.165, 1.54) is 12.8 Å². The molecule has 1 saturated heterocycles. The predicted molar refractivity (Wildman–Crippen MR) is 75.7 cm³/mol. The average Bonchev–Trinajstić information content (AvgIpc) is 3.18. The second-order valence-corrected chi connectivity index (χ2v) is 6.19. The third kappa shape index (κ3) is 2.56. The molecule has 0 bridgehead atoms. The second-order valence-electron chi connectivity index (χ2n) is 5.27. The Morgan fingerprint density at radius 3 is 2.61 bits per heavy atom. The third-order valence-corrected chi connectivity index (χ3v) is 4.42. The zero-order valence-corrected chi connectivity index (χ0v) is 12.0. The van der Waals surface area contributed by atoms with Gasteiger partial charge in [-0.05, 0) is 30.9 Å². The van der Waals surface area contributed by atoms with Crippen LogP contribution in [0.1, 0.15) is 24.4 Å². The molecule has 1 aromatic carbocycles. The first-order chi connectivity index (χ1) is 8.75. The number of nitrogens with one attached hydrogen (secondary N) is 1. The molecule has 0 spiro atoms. The summed E-state index contributed by atoms with van der Waals surface area (Å²) < 4.78 is 0.943. The van der Waals surface area contributed by atoms with Gasteiger partial charge in [0.25, 0.3) is 0 Å². The van der Waals surface area contributed by atoms with Gasteiger partial charge in [0.15, 0.2) is 0 Å². The lowest BCUT2D eigenvalue weighted by Crippen LogP contribution is -2.45. The lowest BCUT2D eigenvalue weighted by atomic mass is 9.99. The first kappa shape index (κ1) is 12.5. The van der Waals surface area contributed by atoms with Crippen molar-refractivity contribution in [1.29, 1.82) is 0 Å². The summed E-state index contributed by atoms with van der Waals surface area (Å²) >= 11 is 3.41. The number of rotatable bonds is 3. The van der Waals surface area contributed by atoms with Gasteiger partial charge < -0.3 is 10.4 Å². The highest BCUT2D eigenvalue weighted by atomic mass is 79.9. The van der Waals surface area contributed by atoms with Crippen molar-refractivity contribution in [2.45, 2.75) is 18.9 Å². The van der Waals surface area contributed by atoms with Crippen LogP contribution >= 0.6 is 15.9 Å². The number of hydrogen-bond acceptors (Lipinski definition) is 3.